The van der Waals surface area contributed by atoms with Gasteiger partial charge in [0.05, 0.1) is 35.7 Å². The lowest BCUT2D eigenvalue weighted by Crippen LogP contribution is -2.54. The number of H-pyrrole nitrogens is 1. The van der Waals surface area contributed by atoms with Crippen LogP contribution in [0, 0.1) is 20.2 Å². The van der Waals surface area contributed by atoms with Crippen molar-refractivity contribution in [2.75, 3.05) is 26.1 Å². The molecule has 8 heterocycles. The monoisotopic (exact) mass is 1620 g/mol. The van der Waals surface area contributed by atoms with E-state index < -0.39 is 65.3 Å². The number of hydrogen-bond acceptors (Lipinski definition) is 22. The summed E-state index contributed by atoms with van der Waals surface area (Å²) >= 11 is 3.27. The van der Waals surface area contributed by atoms with Gasteiger partial charge >= 0.3 is 11.6 Å². The number of aliphatic hydroxyl groups is 1. The summed E-state index contributed by atoms with van der Waals surface area (Å²) in [7, 11) is -11.9. The Bertz CT molecular complexity index is 3930. The SMILES string of the molecule is C1CCOC1.CC(C)Br.CC(C)n1ccc(N)n1.CC(C)n1ccc(S(=O)(=O)Cl)n1.CC(C)n1ccc(S(=O)(=O)N[Si](C)(C)C(C)(C)C)n1.CC(C)n1ccc(S(N)(=O)=N[Si](C)(C)C(C)(C)C)n1.CC(C)n1ccc(S(N)(=O)=O)n1.CC(C)n1ccc([N+](=O)[O-])n1.CO.O=[N+]([O-])c1ccn[nH]1. The predicted octanol–water partition coefficient (Wildman–Crippen LogP) is 12.4. The summed E-state index contributed by atoms with van der Waals surface area (Å²) in [6.45, 7) is 50.4. The number of nitrogen functional groups attached to an aromatic ring is 1. The smallest absolute Gasteiger partial charge is 0.389 e. The molecule has 101 heavy (non-hydrogen) atoms. The molecule has 0 aliphatic carbocycles. The molecular weight excluding hydrogens is 1510 g/mol. The summed E-state index contributed by atoms with van der Waals surface area (Å²) in [6.07, 6.45) is 14.0. The number of nitrogens with zero attached hydrogens (tertiary/aromatic N) is 16. The van der Waals surface area contributed by atoms with Crippen molar-refractivity contribution >= 4 is 99.5 Å². The second-order valence-corrected chi connectivity index (χ2v) is 46.9. The van der Waals surface area contributed by atoms with E-state index in [2.05, 4.69) is 147 Å². The number of nitrogens with two attached hydrogens (primary N) is 3. The van der Waals surface area contributed by atoms with Crippen molar-refractivity contribution < 1.29 is 49.2 Å². The number of aromatic amines is 1. The Labute approximate surface area is 613 Å². The third-order valence-electron chi connectivity index (χ3n) is 14.0. The van der Waals surface area contributed by atoms with Crippen molar-refractivity contribution in [3.8, 4) is 0 Å². The largest absolute Gasteiger partial charge is 0.400 e. The van der Waals surface area contributed by atoms with E-state index in [0.29, 0.717) is 21.7 Å². The molecule has 1 atom stereocenters. The molecule has 34 nitrogen and oxygen atoms in total. The molecule has 1 fully saturated rings. The van der Waals surface area contributed by atoms with E-state index >= 15 is 0 Å². The van der Waals surface area contributed by atoms with Crippen molar-refractivity contribution in [2.24, 2.45) is 14.3 Å². The Morgan fingerprint density at radius 3 is 1.17 bits per heavy atom. The molecule has 7 aromatic heterocycles. The van der Waals surface area contributed by atoms with Gasteiger partial charge in [-0.3, -0.25) is 27.4 Å². The van der Waals surface area contributed by atoms with E-state index in [1.54, 1.807) is 67.9 Å². The second kappa shape index (κ2) is 43.2. The molecule has 0 amide bonds. The molecule has 9 N–H and O–H groups in total. The second-order valence-electron chi connectivity index (χ2n) is 27.2. The molecular formula is C59H113BrClN21O13S4Si2. The van der Waals surface area contributed by atoms with Crippen LogP contribution in [-0.2, 0) is 43.7 Å². The van der Waals surface area contributed by atoms with Crippen LogP contribution >= 0.6 is 26.6 Å². The average molecular weight is 1620 g/mol. The summed E-state index contributed by atoms with van der Waals surface area (Å²) < 4.78 is 103. The van der Waals surface area contributed by atoms with Crippen molar-refractivity contribution in [2.45, 2.75) is 249 Å². The van der Waals surface area contributed by atoms with E-state index in [4.69, 9.17) is 36.5 Å². The number of rotatable bonds is 15. The van der Waals surface area contributed by atoms with Gasteiger partial charge in [-0.2, -0.15) is 30.2 Å². The lowest BCUT2D eigenvalue weighted by Gasteiger charge is -2.36. The van der Waals surface area contributed by atoms with Gasteiger partial charge in [0.15, 0.2) is 28.3 Å². The molecule has 8 rings (SSSR count). The van der Waals surface area contributed by atoms with E-state index in [-0.39, 0.29) is 67.0 Å². The van der Waals surface area contributed by atoms with Crippen LogP contribution < -0.4 is 20.4 Å². The van der Waals surface area contributed by atoms with Gasteiger partial charge < -0.3 is 35.8 Å². The number of halogens is 2. The molecule has 0 bridgehead atoms. The molecule has 1 aliphatic rings. The molecule has 1 saturated heterocycles. The highest BCUT2D eigenvalue weighted by molar-refractivity contribution is 9.09. The van der Waals surface area contributed by atoms with Gasteiger partial charge in [-0.1, -0.05) is 89.5 Å². The summed E-state index contributed by atoms with van der Waals surface area (Å²) in [6, 6.07) is 11.7. The van der Waals surface area contributed by atoms with Crippen LogP contribution in [0.5, 0.6) is 0 Å². The third-order valence-corrected chi connectivity index (χ3v) is 31.0. The first-order chi connectivity index (χ1) is 45.9. The van der Waals surface area contributed by atoms with Gasteiger partial charge in [-0.15, -0.1) is 5.10 Å². The Hall–Kier alpha value is -6.13. The van der Waals surface area contributed by atoms with Crippen LogP contribution in [0.25, 0.3) is 0 Å². The van der Waals surface area contributed by atoms with Gasteiger partial charge in [0.1, 0.15) is 24.0 Å². The Balaban J connectivity index is 0. The van der Waals surface area contributed by atoms with Crippen molar-refractivity contribution in [3.05, 3.63) is 106 Å². The minimum absolute atomic E-state index is 0.00957. The maximum atomic E-state index is 12.7. The van der Waals surface area contributed by atoms with Crippen LogP contribution in [0.15, 0.2) is 110 Å². The first-order valence-corrected chi connectivity index (χ1v) is 45.8. The van der Waals surface area contributed by atoms with Gasteiger partial charge in [0, 0.05) is 97.0 Å². The number of sulfonamides is 2. The van der Waals surface area contributed by atoms with Crippen molar-refractivity contribution in [1.82, 2.24) is 73.3 Å². The van der Waals surface area contributed by atoms with Crippen LogP contribution in [0.2, 0.25) is 36.3 Å². The lowest BCUT2D eigenvalue weighted by molar-refractivity contribution is -0.389. The van der Waals surface area contributed by atoms with Crippen LogP contribution in [0.3, 0.4) is 0 Å². The fourth-order valence-corrected chi connectivity index (χ4v) is 16.8. The maximum Gasteiger partial charge on any atom is 0.389 e. The van der Waals surface area contributed by atoms with E-state index in [1.807, 2.05) is 93.2 Å². The van der Waals surface area contributed by atoms with Crippen LogP contribution in [0.1, 0.15) is 188 Å². The summed E-state index contributed by atoms with van der Waals surface area (Å²) in [5, 5.41) is 67.3. The standard InChI is InChI=1S/C12H26N4OSSi.C12H25N3O2SSi.C6H9ClN2O2S.C6H11N3O2S.C6H9N3O2.C6H11N3.C4H8O.C3H7Br.C3H3N3O2.CH4O/c1-10(2)16-9-8-11(14-16)18(13,17)15-19(6,7)12(3,4)5;1-10(2)15-9-8-11(13-15)18(16,17)14-19(6,7)12(3,4)5;2*1-5(2)9-4-3-6(8-9)12(7,10)11;1-5(2)8-4-3-6(7-8)9(10)11;1-5(2)9-4-3-6(7)8-9;1-2-4-5-3-1;1-3(2)4;7-6(8)3-1-2-4-5-3;1-2/h8-10H,1-7H3,(H2,13,15,17);8-10,14H,1-7H3;3-5H,1-2H3;3-5H,1-2H3,(H2,7,10,11);3-5H,1-2H3;3-5H,1-2H3,(H2,7,8);1-4H2;3H,1-2H3;1-2H,(H,4,5);2H,1H3. The number of nitrogens with one attached hydrogen (secondary N) is 2. The highest BCUT2D eigenvalue weighted by Crippen LogP contribution is 2.38. The quantitative estimate of drug-likeness (QED) is 0.0182. The van der Waals surface area contributed by atoms with Crippen molar-refractivity contribution in [1.29, 1.82) is 0 Å². The van der Waals surface area contributed by atoms with E-state index in [1.165, 1.54) is 48.0 Å². The molecule has 0 radical (unpaired) electrons. The zero-order valence-corrected chi connectivity index (χ0v) is 70.7. The maximum absolute atomic E-state index is 12.7. The molecule has 1 aliphatic heterocycles. The number of aliphatic hydroxyl groups excluding tert-OH is 1. The van der Waals surface area contributed by atoms with Crippen molar-refractivity contribution in [3.63, 3.8) is 0 Å². The number of nitro groups is 2. The topological polar surface area (TPSA) is 473 Å². The fourth-order valence-electron chi connectivity index (χ4n) is 6.29. The lowest BCUT2D eigenvalue weighted by atomic mass is 10.2. The Kier molecular flexibility index (Phi) is 41.5. The van der Waals surface area contributed by atoms with Crippen LogP contribution in [0.4, 0.5) is 17.5 Å². The van der Waals surface area contributed by atoms with E-state index in [0.717, 1.165) is 20.3 Å². The van der Waals surface area contributed by atoms with Crippen LogP contribution in [-0.4, -0.2) is 155 Å². The van der Waals surface area contributed by atoms with Gasteiger partial charge in [-0.05, 0) is 159 Å². The Morgan fingerprint density at radius 1 is 0.574 bits per heavy atom. The summed E-state index contributed by atoms with van der Waals surface area (Å²) in [5.41, 5.74) is 5.38. The number of hydrogen-bond donors (Lipinski definition) is 6. The van der Waals surface area contributed by atoms with Gasteiger partial charge in [0.2, 0.25) is 0 Å². The average Bonchev–Trinajstić information content (AvgIpc) is 1.73. The number of anilines is 1. The summed E-state index contributed by atoms with van der Waals surface area (Å²) in [5.74, 6) is 0.410. The summed E-state index contributed by atoms with van der Waals surface area (Å²) in [4.78, 5) is 19.6. The minimum Gasteiger partial charge on any atom is -0.400 e. The predicted molar refractivity (Wildman–Crippen MR) is 406 cm³/mol. The van der Waals surface area contributed by atoms with Gasteiger partial charge in [0.25, 0.3) is 29.1 Å². The third kappa shape index (κ3) is 37.2. The highest BCUT2D eigenvalue weighted by Gasteiger charge is 2.40. The first-order valence-electron chi connectivity index (χ1n) is 32.0. The van der Waals surface area contributed by atoms with Gasteiger partial charge in [-0.25, -0.2) is 44.1 Å². The Morgan fingerprint density at radius 2 is 0.921 bits per heavy atom. The minimum atomic E-state index is -3.68. The zero-order valence-electron chi connectivity index (χ0n) is 63.1. The number of aromatic nitrogens is 14. The number of alkyl halides is 1. The molecule has 0 spiro atoms. The highest BCUT2D eigenvalue weighted by atomic mass is 79.9. The zero-order chi connectivity index (χ0) is 79.2. The fraction of sp³-hybridized carbons (Fsp3) is 0.644. The molecule has 0 aromatic carbocycles. The first kappa shape index (κ1) is 96.9. The molecule has 578 valence electrons. The number of ether oxygens (including phenoxy) is 1. The molecule has 42 heteroatoms. The molecule has 1 unspecified atom stereocenters. The van der Waals surface area contributed by atoms with E-state index in [9.17, 15) is 49.7 Å². The molecule has 0 saturated carbocycles. The number of primary sulfonamides is 1. The normalized spacial score (nSPS) is 13.1. The molecule has 7 aromatic rings.